The third kappa shape index (κ3) is 3.08. The van der Waals surface area contributed by atoms with Crippen molar-refractivity contribution in [2.24, 2.45) is 0 Å². The second-order valence-corrected chi connectivity index (χ2v) is 4.57. The molecule has 0 fully saturated rings. The summed E-state index contributed by atoms with van der Waals surface area (Å²) < 4.78 is 5.43. The Morgan fingerprint density at radius 1 is 1.35 bits per heavy atom. The van der Waals surface area contributed by atoms with Gasteiger partial charge in [-0.05, 0) is 12.1 Å². The van der Waals surface area contributed by atoms with Gasteiger partial charge < -0.3 is 9.73 Å². The number of halogens is 1. The maximum absolute atomic E-state index is 6.08. The van der Waals surface area contributed by atoms with Gasteiger partial charge in [0.2, 0.25) is 5.89 Å². The van der Waals surface area contributed by atoms with Crippen molar-refractivity contribution in [3.05, 3.63) is 41.2 Å². The number of aromatic nitrogens is 1. The Kier molecular flexibility index (Phi) is 3.82. The minimum absolute atomic E-state index is 0.426. The first-order chi connectivity index (χ1) is 8.16. The van der Waals surface area contributed by atoms with Crippen LogP contribution in [0.2, 0.25) is 5.02 Å². The number of nitrogens with zero attached hydrogens (tertiary/aromatic N) is 1. The van der Waals surface area contributed by atoms with E-state index in [1.165, 1.54) is 0 Å². The van der Waals surface area contributed by atoms with Crippen LogP contribution >= 0.6 is 11.6 Å². The topological polar surface area (TPSA) is 38.1 Å². The van der Waals surface area contributed by atoms with Crippen LogP contribution in [0.3, 0.4) is 0 Å². The third-order valence-electron chi connectivity index (χ3n) is 2.35. The molecule has 0 amide bonds. The van der Waals surface area contributed by atoms with E-state index in [0.717, 1.165) is 11.3 Å². The summed E-state index contributed by atoms with van der Waals surface area (Å²) in [6.45, 7) is 4.88. The lowest BCUT2D eigenvalue weighted by Crippen LogP contribution is -2.21. The van der Waals surface area contributed by atoms with Crippen LogP contribution in [-0.2, 0) is 6.54 Å². The van der Waals surface area contributed by atoms with Crippen LogP contribution in [0.15, 0.2) is 34.9 Å². The van der Waals surface area contributed by atoms with Crippen molar-refractivity contribution in [2.75, 3.05) is 0 Å². The molecule has 0 bridgehead atoms. The molecule has 0 atom stereocenters. The van der Waals surface area contributed by atoms with Crippen LogP contribution < -0.4 is 5.32 Å². The first kappa shape index (κ1) is 12.1. The zero-order chi connectivity index (χ0) is 12.3. The molecule has 1 N–H and O–H groups in total. The average Bonchev–Trinajstić information content (AvgIpc) is 2.75. The molecule has 0 aliphatic rings. The predicted octanol–water partition coefficient (Wildman–Crippen LogP) is 3.49. The number of nitrogens with one attached hydrogen (secondary N) is 1. The van der Waals surface area contributed by atoms with E-state index in [2.05, 4.69) is 24.1 Å². The van der Waals surface area contributed by atoms with Gasteiger partial charge in [-0.2, -0.15) is 0 Å². The Bertz CT molecular complexity index is 494. The lowest BCUT2D eigenvalue weighted by Gasteiger charge is -2.04. The quantitative estimate of drug-likeness (QED) is 0.903. The molecule has 2 aromatic rings. The molecule has 0 saturated carbocycles. The number of hydrogen-bond acceptors (Lipinski definition) is 3. The summed E-state index contributed by atoms with van der Waals surface area (Å²) in [7, 11) is 0. The van der Waals surface area contributed by atoms with Crippen molar-refractivity contribution in [1.82, 2.24) is 10.3 Å². The summed E-state index contributed by atoms with van der Waals surface area (Å²) in [6, 6.07) is 7.95. The van der Waals surface area contributed by atoms with E-state index in [4.69, 9.17) is 16.0 Å². The van der Waals surface area contributed by atoms with Crippen LogP contribution in [0.1, 0.15) is 19.5 Å². The summed E-state index contributed by atoms with van der Waals surface area (Å²) in [5.74, 6) is 0.566. The van der Waals surface area contributed by atoms with E-state index in [0.29, 0.717) is 23.5 Å². The summed E-state index contributed by atoms with van der Waals surface area (Å²) >= 11 is 6.08. The van der Waals surface area contributed by atoms with E-state index in [9.17, 15) is 0 Å². The van der Waals surface area contributed by atoms with Crippen LogP contribution in [0.25, 0.3) is 11.5 Å². The maximum Gasteiger partial charge on any atom is 0.227 e. The number of hydrogen-bond donors (Lipinski definition) is 1. The second kappa shape index (κ2) is 5.34. The first-order valence-electron chi connectivity index (χ1n) is 5.59. The van der Waals surface area contributed by atoms with Crippen molar-refractivity contribution in [3.63, 3.8) is 0 Å². The average molecular weight is 251 g/mol. The Labute approximate surface area is 106 Å². The molecule has 0 aliphatic carbocycles. The van der Waals surface area contributed by atoms with Gasteiger partial charge in [-0.3, -0.25) is 0 Å². The van der Waals surface area contributed by atoms with E-state index in [-0.39, 0.29) is 0 Å². The predicted molar refractivity (Wildman–Crippen MR) is 68.9 cm³/mol. The van der Waals surface area contributed by atoms with Crippen molar-refractivity contribution in [2.45, 2.75) is 26.4 Å². The highest BCUT2D eigenvalue weighted by molar-refractivity contribution is 6.33. The van der Waals surface area contributed by atoms with Gasteiger partial charge in [0.25, 0.3) is 0 Å². The van der Waals surface area contributed by atoms with Crippen molar-refractivity contribution < 1.29 is 4.42 Å². The fourth-order valence-electron chi connectivity index (χ4n) is 1.46. The molecule has 3 nitrogen and oxygen atoms in total. The van der Waals surface area contributed by atoms with Crippen LogP contribution in [0.4, 0.5) is 0 Å². The minimum Gasteiger partial charge on any atom is -0.444 e. The van der Waals surface area contributed by atoms with E-state index in [1.807, 2.05) is 24.3 Å². The van der Waals surface area contributed by atoms with Crippen LogP contribution in [0.5, 0.6) is 0 Å². The Balaban J connectivity index is 2.16. The summed E-state index contributed by atoms with van der Waals surface area (Å²) in [5.41, 5.74) is 1.71. The van der Waals surface area contributed by atoms with Gasteiger partial charge in [-0.15, -0.1) is 0 Å². The lowest BCUT2D eigenvalue weighted by molar-refractivity contribution is 0.560. The van der Waals surface area contributed by atoms with Crippen LogP contribution in [-0.4, -0.2) is 11.0 Å². The smallest absolute Gasteiger partial charge is 0.227 e. The lowest BCUT2D eigenvalue weighted by atomic mass is 10.2. The highest BCUT2D eigenvalue weighted by atomic mass is 35.5. The standard InChI is InChI=1S/C13H15ClN2O/c1-9(2)15-7-10-8-17-13(16-10)11-5-3-4-6-12(11)14/h3-6,8-9,15H,7H2,1-2H3. The summed E-state index contributed by atoms with van der Waals surface area (Å²) in [4.78, 5) is 4.40. The van der Waals surface area contributed by atoms with Crippen molar-refractivity contribution >= 4 is 11.6 Å². The molecular formula is C13H15ClN2O. The van der Waals surface area contributed by atoms with Gasteiger partial charge >= 0.3 is 0 Å². The molecule has 1 aromatic carbocycles. The van der Waals surface area contributed by atoms with Gasteiger partial charge in [0.05, 0.1) is 16.3 Å². The Morgan fingerprint density at radius 3 is 2.82 bits per heavy atom. The van der Waals surface area contributed by atoms with E-state index in [1.54, 1.807) is 6.26 Å². The zero-order valence-electron chi connectivity index (χ0n) is 9.90. The van der Waals surface area contributed by atoms with E-state index >= 15 is 0 Å². The van der Waals surface area contributed by atoms with E-state index < -0.39 is 0 Å². The Morgan fingerprint density at radius 2 is 2.12 bits per heavy atom. The fraction of sp³-hybridized carbons (Fsp3) is 0.308. The monoisotopic (exact) mass is 250 g/mol. The summed E-state index contributed by atoms with van der Waals surface area (Å²) in [5, 5.41) is 3.94. The van der Waals surface area contributed by atoms with Crippen molar-refractivity contribution in [1.29, 1.82) is 0 Å². The second-order valence-electron chi connectivity index (χ2n) is 4.16. The zero-order valence-corrected chi connectivity index (χ0v) is 10.7. The number of rotatable bonds is 4. The van der Waals surface area contributed by atoms with Gasteiger partial charge in [0.1, 0.15) is 6.26 Å². The third-order valence-corrected chi connectivity index (χ3v) is 2.68. The molecule has 1 heterocycles. The maximum atomic E-state index is 6.08. The molecule has 0 saturated heterocycles. The molecule has 0 radical (unpaired) electrons. The molecule has 1 aromatic heterocycles. The normalized spacial score (nSPS) is 11.1. The molecule has 2 rings (SSSR count). The molecular weight excluding hydrogens is 236 g/mol. The number of oxazole rings is 1. The van der Waals surface area contributed by atoms with Gasteiger partial charge in [0.15, 0.2) is 0 Å². The SMILES string of the molecule is CC(C)NCc1coc(-c2ccccc2Cl)n1. The first-order valence-corrected chi connectivity index (χ1v) is 5.97. The molecule has 90 valence electrons. The van der Waals surface area contributed by atoms with Gasteiger partial charge in [0, 0.05) is 12.6 Å². The highest BCUT2D eigenvalue weighted by Crippen LogP contribution is 2.26. The molecule has 0 aliphatic heterocycles. The van der Waals surface area contributed by atoms with Gasteiger partial charge in [-0.25, -0.2) is 4.98 Å². The van der Waals surface area contributed by atoms with Crippen molar-refractivity contribution in [3.8, 4) is 11.5 Å². The van der Waals surface area contributed by atoms with Crippen LogP contribution in [0, 0.1) is 0 Å². The minimum atomic E-state index is 0.426. The molecule has 4 heteroatoms. The largest absolute Gasteiger partial charge is 0.444 e. The fourth-order valence-corrected chi connectivity index (χ4v) is 1.67. The molecule has 0 spiro atoms. The number of benzene rings is 1. The van der Waals surface area contributed by atoms with Gasteiger partial charge in [-0.1, -0.05) is 37.6 Å². The highest BCUT2D eigenvalue weighted by Gasteiger charge is 2.09. The Hall–Kier alpha value is -1.32. The summed E-state index contributed by atoms with van der Waals surface area (Å²) in [6.07, 6.45) is 1.66. The molecule has 17 heavy (non-hydrogen) atoms. The molecule has 0 unspecified atom stereocenters.